The van der Waals surface area contributed by atoms with Crippen molar-refractivity contribution >= 4 is 27.9 Å². The van der Waals surface area contributed by atoms with E-state index in [4.69, 9.17) is 0 Å². The number of hydrogen-bond acceptors (Lipinski definition) is 3. The Labute approximate surface area is 123 Å². The molecule has 8 heteroatoms. The number of aliphatic hydroxyl groups is 1. The van der Waals surface area contributed by atoms with E-state index in [2.05, 4.69) is 26.6 Å². The summed E-state index contributed by atoms with van der Waals surface area (Å²) >= 11 is 3.44. The number of nitrogens with zero attached hydrogens (tertiary/aromatic N) is 2. The Morgan fingerprint density at radius 3 is 2.95 bits per heavy atom. The molecular weight excluding hydrogens is 328 g/mol. The molecule has 106 valence electrons. The van der Waals surface area contributed by atoms with Crippen LogP contribution < -0.4 is 10.6 Å². The SMILES string of the molecule is CN1C(=O)N[C@]2(O)C[C@@H]3[C@@H](NC(=O)c4ccc(Br)n43)[C@H]12. The standard InChI is InChI=1S/C12H13BrN4O3/c1-16-9-8-6(4-12(9,20)15-11(16)19)17-5(10(18)14-8)2-3-7(17)13/h2-3,6,8-9,20H,4H2,1H3,(H,14,18)(H,15,19)/t6-,8-,9+,12+/m1/s1. The number of aromatic nitrogens is 1. The number of likely N-dealkylation sites (N-methyl/N-ethyl adjacent to an activating group) is 1. The van der Waals surface area contributed by atoms with Gasteiger partial charge in [-0.2, -0.15) is 0 Å². The minimum atomic E-state index is -1.31. The molecule has 0 radical (unpaired) electrons. The molecule has 3 aliphatic rings. The molecule has 2 aliphatic heterocycles. The largest absolute Gasteiger partial charge is 0.369 e. The van der Waals surface area contributed by atoms with Crippen molar-refractivity contribution in [2.45, 2.75) is 30.3 Å². The zero-order chi connectivity index (χ0) is 14.2. The molecule has 1 saturated heterocycles. The Kier molecular flexibility index (Phi) is 2.17. The molecule has 3 heterocycles. The summed E-state index contributed by atoms with van der Waals surface area (Å²) in [5.74, 6) is -0.186. The predicted octanol–water partition coefficient (Wildman–Crippen LogP) is 0.0196. The van der Waals surface area contributed by atoms with Gasteiger partial charge < -0.3 is 25.2 Å². The van der Waals surface area contributed by atoms with Gasteiger partial charge in [0.1, 0.15) is 11.7 Å². The van der Waals surface area contributed by atoms with Gasteiger partial charge in [0.15, 0.2) is 5.72 Å². The van der Waals surface area contributed by atoms with Crippen LogP contribution in [0.5, 0.6) is 0 Å². The molecule has 2 fully saturated rings. The minimum absolute atomic E-state index is 0.0925. The molecule has 20 heavy (non-hydrogen) atoms. The predicted molar refractivity (Wildman–Crippen MR) is 72.1 cm³/mol. The van der Waals surface area contributed by atoms with Crippen molar-refractivity contribution in [2.75, 3.05) is 7.05 Å². The van der Waals surface area contributed by atoms with E-state index >= 15 is 0 Å². The van der Waals surface area contributed by atoms with Gasteiger partial charge in [-0.05, 0) is 28.1 Å². The second-order valence-electron chi connectivity index (χ2n) is 5.59. The molecule has 0 spiro atoms. The van der Waals surface area contributed by atoms with Gasteiger partial charge in [0.25, 0.3) is 5.91 Å². The molecule has 1 aromatic rings. The molecular formula is C12H13BrN4O3. The van der Waals surface area contributed by atoms with Crippen LogP contribution in [0.3, 0.4) is 0 Å². The van der Waals surface area contributed by atoms with Crippen molar-refractivity contribution in [3.63, 3.8) is 0 Å². The highest BCUT2D eigenvalue weighted by Gasteiger charge is 2.63. The van der Waals surface area contributed by atoms with Crippen LogP contribution in [0.15, 0.2) is 16.7 Å². The van der Waals surface area contributed by atoms with E-state index in [0.717, 1.165) is 4.60 Å². The Hall–Kier alpha value is -1.54. The first-order valence-electron chi connectivity index (χ1n) is 6.37. The van der Waals surface area contributed by atoms with Crippen LogP contribution in [0.2, 0.25) is 0 Å². The van der Waals surface area contributed by atoms with Gasteiger partial charge in [0, 0.05) is 13.5 Å². The second-order valence-corrected chi connectivity index (χ2v) is 6.40. The van der Waals surface area contributed by atoms with E-state index in [9.17, 15) is 14.7 Å². The summed E-state index contributed by atoms with van der Waals surface area (Å²) in [5.41, 5.74) is -0.740. The number of fused-ring (bicyclic) bond motifs is 5. The van der Waals surface area contributed by atoms with Crippen molar-refractivity contribution in [3.8, 4) is 0 Å². The zero-order valence-electron chi connectivity index (χ0n) is 10.6. The number of hydrogen-bond donors (Lipinski definition) is 3. The lowest BCUT2D eigenvalue weighted by Crippen LogP contribution is -2.56. The van der Waals surface area contributed by atoms with Crippen LogP contribution in [-0.2, 0) is 0 Å². The summed E-state index contributed by atoms with van der Waals surface area (Å²) in [5, 5.41) is 16.2. The van der Waals surface area contributed by atoms with Gasteiger partial charge in [-0.1, -0.05) is 0 Å². The maximum atomic E-state index is 12.2. The first kappa shape index (κ1) is 12.2. The highest BCUT2D eigenvalue weighted by atomic mass is 79.9. The number of amides is 3. The second kappa shape index (κ2) is 3.56. The van der Waals surface area contributed by atoms with Crippen molar-refractivity contribution in [2.24, 2.45) is 0 Å². The molecule has 1 aliphatic carbocycles. The number of nitrogens with one attached hydrogen (secondary N) is 2. The van der Waals surface area contributed by atoms with Gasteiger partial charge >= 0.3 is 6.03 Å². The molecule has 0 bridgehead atoms. The summed E-state index contributed by atoms with van der Waals surface area (Å²) in [6.07, 6.45) is 0.360. The van der Waals surface area contributed by atoms with Gasteiger partial charge in [-0.25, -0.2) is 4.79 Å². The van der Waals surface area contributed by atoms with Crippen molar-refractivity contribution < 1.29 is 14.7 Å². The molecule has 3 N–H and O–H groups in total. The first-order valence-corrected chi connectivity index (χ1v) is 7.16. The van der Waals surface area contributed by atoms with Crippen LogP contribution in [0, 0.1) is 0 Å². The number of carbonyl (C=O) groups is 2. The number of urea groups is 1. The van der Waals surface area contributed by atoms with E-state index < -0.39 is 11.8 Å². The maximum absolute atomic E-state index is 12.2. The van der Waals surface area contributed by atoms with Gasteiger partial charge in [0.2, 0.25) is 0 Å². The summed E-state index contributed by atoms with van der Waals surface area (Å²) in [4.78, 5) is 25.4. The molecule has 1 aromatic heterocycles. The van der Waals surface area contributed by atoms with Gasteiger partial charge in [-0.15, -0.1) is 0 Å². The molecule has 0 unspecified atom stereocenters. The lowest BCUT2D eigenvalue weighted by Gasteiger charge is -2.34. The molecule has 1 saturated carbocycles. The third kappa shape index (κ3) is 1.28. The lowest BCUT2D eigenvalue weighted by atomic mass is 10.0. The van der Waals surface area contributed by atoms with Crippen LogP contribution >= 0.6 is 15.9 Å². The fourth-order valence-electron chi connectivity index (χ4n) is 3.76. The van der Waals surface area contributed by atoms with Crippen LogP contribution in [0.25, 0.3) is 0 Å². The number of halogens is 1. The molecule has 4 rings (SSSR count). The monoisotopic (exact) mass is 340 g/mol. The summed E-state index contributed by atoms with van der Waals surface area (Å²) in [6, 6.07) is 2.38. The summed E-state index contributed by atoms with van der Waals surface area (Å²) < 4.78 is 2.69. The van der Waals surface area contributed by atoms with Crippen LogP contribution in [0.4, 0.5) is 4.79 Å². The Balaban J connectivity index is 1.84. The first-order chi connectivity index (χ1) is 9.42. The maximum Gasteiger partial charge on any atom is 0.319 e. The summed E-state index contributed by atoms with van der Waals surface area (Å²) in [7, 11) is 1.63. The molecule has 4 atom stereocenters. The van der Waals surface area contributed by atoms with E-state index in [-0.39, 0.29) is 24.0 Å². The van der Waals surface area contributed by atoms with Crippen molar-refractivity contribution in [1.29, 1.82) is 0 Å². The zero-order valence-corrected chi connectivity index (χ0v) is 12.2. The smallest absolute Gasteiger partial charge is 0.319 e. The van der Waals surface area contributed by atoms with E-state index in [1.807, 2.05) is 10.6 Å². The normalized spacial score (nSPS) is 38.1. The average Bonchev–Trinajstić information content (AvgIpc) is 2.94. The molecule has 7 nitrogen and oxygen atoms in total. The lowest BCUT2D eigenvalue weighted by molar-refractivity contribution is 0.00633. The Morgan fingerprint density at radius 1 is 1.45 bits per heavy atom. The highest BCUT2D eigenvalue weighted by molar-refractivity contribution is 9.10. The quantitative estimate of drug-likeness (QED) is 0.622. The Morgan fingerprint density at radius 2 is 2.20 bits per heavy atom. The molecule has 0 aromatic carbocycles. The van der Waals surface area contributed by atoms with E-state index in [1.54, 1.807) is 13.1 Å². The third-order valence-corrected chi connectivity index (χ3v) is 5.20. The van der Waals surface area contributed by atoms with Crippen molar-refractivity contribution in [1.82, 2.24) is 20.1 Å². The van der Waals surface area contributed by atoms with Crippen LogP contribution in [-0.4, -0.2) is 51.4 Å². The fraction of sp³-hybridized carbons (Fsp3) is 0.500. The number of carbonyl (C=O) groups excluding carboxylic acids is 2. The van der Waals surface area contributed by atoms with Gasteiger partial charge in [0.05, 0.1) is 16.7 Å². The fourth-order valence-corrected chi connectivity index (χ4v) is 4.34. The molecule has 3 amide bonds. The van der Waals surface area contributed by atoms with Crippen LogP contribution in [0.1, 0.15) is 23.0 Å². The minimum Gasteiger partial charge on any atom is -0.369 e. The average molecular weight is 341 g/mol. The topological polar surface area (TPSA) is 86.6 Å². The Bertz CT molecular complexity index is 645. The van der Waals surface area contributed by atoms with E-state index in [1.165, 1.54) is 4.90 Å². The summed E-state index contributed by atoms with van der Waals surface area (Å²) in [6.45, 7) is 0. The third-order valence-electron chi connectivity index (χ3n) is 4.56. The number of rotatable bonds is 0. The van der Waals surface area contributed by atoms with Gasteiger partial charge in [-0.3, -0.25) is 4.79 Å². The highest BCUT2D eigenvalue weighted by Crippen LogP contribution is 2.45. The van der Waals surface area contributed by atoms with Crippen molar-refractivity contribution in [3.05, 3.63) is 22.4 Å². The van der Waals surface area contributed by atoms with E-state index in [0.29, 0.717) is 12.1 Å².